The zero-order valence-corrected chi connectivity index (χ0v) is 15.3. The number of ether oxygens (including phenoxy) is 1. The van der Waals surface area contributed by atoms with Gasteiger partial charge in [-0.3, -0.25) is 9.38 Å². The monoisotopic (exact) mass is 392 g/mol. The number of aromatic nitrogens is 5. The molecule has 4 aromatic rings. The summed E-state index contributed by atoms with van der Waals surface area (Å²) in [6.45, 7) is 0.621. The van der Waals surface area contributed by atoms with Gasteiger partial charge in [-0.05, 0) is 18.2 Å². The van der Waals surface area contributed by atoms with Crippen molar-refractivity contribution >= 4 is 11.6 Å². The first-order valence-corrected chi connectivity index (χ1v) is 9.17. The van der Waals surface area contributed by atoms with Crippen LogP contribution in [0.1, 0.15) is 16.8 Å². The number of pyridine rings is 1. The highest BCUT2D eigenvalue weighted by Gasteiger charge is 2.20. The molecule has 0 saturated heterocycles. The smallest absolute Gasteiger partial charge is 0.210 e. The van der Waals surface area contributed by atoms with E-state index in [1.165, 1.54) is 12.4 Å². The number of hydrogen-bond donors (Lipinski definition) is 2. The van der Waals surface area contributed by atoms with Gasteiger partial charge in [0.15, 0.2) is 5.65 Å². The molecule has 0 atom stereocenters. The summed E-state index contributed by atoms with van der Waals surface area (Å²) in [6.07, 6.45) is 5.49. The molecule has 1 aliphatic rings. The standard InChI is InChI=1S/C20H17FN6O2/c21-16-3-4-18-13(5-7-29-18)14(16)8-23-20-24-9-15(19-26-25-11-27(19)20)12-2-1-6-22-17(12)10-28/h1-4,6,9,11,28H,5,7-8,10H2,(H,23,24). The van der Waals surface area contributed by atoms with E-state index in [-0.39, 0.29) is 19.0 Å². The highest BCUT2D eigenvalue weighted by atomic mass is 19.1. The lowest BCUT2D eigenvalue weighted by atomic mass is 10.0. The number of hydrogen-bond acceptors (Lipinski definition) is 7. The fourth-order valence-electron chi connectivity index (χ4n) is 3.62. The van der Waals surface area contributed by atoms with E-state index in [1.807, 2.05) is 6.07 Å². The van der Waals surface area contributed by atoms with Crippen molar-refractivity contribution < 1.29 is 14.2 Å². The third-order valence-corrected chi connectivity index (χ3v) is 5.03. The maximum absolute atomic E-state index is 14.4. The Balaban J connectivity index is 1.51. The van der Waals surface area contributed by atoms with E-state index < -0.39 is 0 Å². The fraction of sp³-hybridized carbons (Fsp3) is 0.200. The fourth-order valence-corrected chi connectivity index (χ4v) is 3.62. The maximum atomic E-state index is 14.4. The van der Waals surface area contributed by atoms with Crippen LogP contribution in [0, 0.1) is 5.82 Å². The Bertz CT molecular complexity index is 1210. The predicted molar refractivity (Wildman–Crippen MR) is 103 cm³/mol. The van der Waals surface area contributed by atoms with Crippen LogP contribution in [-0.4, -0.2) is 36.3 Å². The van der Waals surface area contributed by atoms with E-state index in [4.69, 9.17) is 4.74 Å². The van der Waals surface area contributed by atoms with Crippen LogP contribution >= 0.6 is 0 Å². The molecule has 5 rings (SSSR count). The highest BCUT2D eigenvalue weighted by Crippen LogP contribution is 2.31. The lowest BCUT2D eigenvalue weighted by Gasteiger charge is -2.13. The molecular formula is C20H17FN6O2. The Morgan fingerprint density at radius 1 is 1.21 bits per heavy atom. The average molecular weight is 392 g/mol. The first-order valence-electron chi connectivity index (χ1n) is 9.17. The van der Waals surface area contributed by atoms with Crippen LogP contribution in [-0.2, 0) is 19.6 Å². The molecule has 1 aromatic carbocycles. The summed E-state index contributed by atoms with van der Waals surface area (Å²) in [4.78, 5) is 8.68. The number of anilines is 1. The topological polar surface area (TPSA) is 97.5 Å². The average Bonchev–Trinajstić information content (AvgIpc) is 3.43. The second kappa shape index (κ2) is 7.10. The van der Waals surface area contributed by atoms with Crippen molar-refractivity contribution in [2.45, 2.75) is 19.6 Å². The summed E-state index contributed by atoms with van der Waals surface area (Å²) in [7, 11) is 0. The van der Waals surface area contributed by atoms with Gasteiger partial charge in [-0.15, -0.1) is 10.2 Å². The predicted octanol–water partition coefficient (Wildman–Crippen LogP) is 2.36. The van der Waals surface area contributed by atoms with Crippen LogP contribution in [0.3, 0.4) is 0 Å². The number of rotatable bonds is 5. The summed E-state index contributed by atoms with van der Waals surface area (Å²) < 4.78 is 21.6. The Hall–Kier alpha value is -3.59. The minimum atomic E-state index is -0.277. The van der Waals surface area contributed by atoms with Crippen LogP contribution < -0.4 is 10.1 Å². The summed E-state index contributed by atoms with van der Waals surface area (Å²) in [5.41, 5.74) is 3.98. The van der Waals surface area contributed by atoms with Gasteiger partial charge in [0, 0.05) is 47.6 Å². The summed E-state index contributed by atoms with van der Waals surface area (Å²) in [6, 6.07) is 6.72. The van der Waals surface area contributed by atoms with Gasteiger partial charge in [-0.2, -0.15) is 0 Å². The Labute approximate surface area is 165 Å². The summed E-state index contributed by atoms with van der Waals surface area (Å²) in [5, 5.41) is 20.9. The lowest BCUT2D eigenvalue weighted by molar-refractivity contribution is 0.277. The second-order valence-corrected chi connectivity index (χ2v) is 6.63. The number of benzene rings is 1. The molecule has 0 spiro atoms. The Kier molecular flexibility index (Phi) is 4.28. The normalized spacial score (nSPS) is 12.8. The number of nitrogens with zero attached hydrogens (tertiary/aromatic N) is 5. The molecule has 2 N–H and O–H groups in total. The van der Waals surface area contributed by atoms with Crippen molar-refractivity contribution in [1.82, 2.24) is 24.6 Å². The van der Waals surface area contributed by atoms with Crippen LogP contribution in [0.5, 0.6) is 5.75 Å². The van der Waals surface area contributed by atoms with Crippen molar-refractivity contribution in [2.75, 3.05) is 11.9 Å². The zero-order valence-electron chi connectivity index (χ0n) is 15.3. The first-order chi connectivity index (χ1) is 14.3. The van der Waals surface area contributed by atoms with E-state index in [0.717, 1.165) is 16.9 Å². The molecule has 8 nitrogen and oxygen atoms in total. The SMILES string of the molecule is OCc1ncccc1-c1cnc(NCc2c(F)ccc3c2CCO3)n2cnnc12. The molecule has 0 amide bonds. The quantitative estimate of drug-likeness (QED) is 0.538. The molecule has 0 fully saturated rings. The maximum Gasteiger partial charge on any atom is 0.210 e. The molecule has 4 heterocycles. The van der Waals surface area contributed by atoms with Crippen LogP contribution in [0.25, 0.3) is 16.8 Å². The molecule has 0 bridgehead atoms. The summed E-state index contributed by atoms with van der Waals surface area (Å²) >= 11 is 0. The van der Waals surface area contributed by atoms with Gasteiger partial charge in [0.1, 0.15) is 17.9 Å². The zero-order chi connectivity index (χ0) is 19.8. The van der Waals surface area contributed by atoms with Gasteiger partial charge in [0.2, 0.25) is 5.95 Å². The Morgan fingerprint density at radius 2 is 2.14 bits per heavy atom. The van der Waals surface area contributed by atoms with Crippen LogP contribution in [0.4, 0.5) is 10.3 Å². The van der Waals surface area contributed by atoms with E-state index >= 15 is 0 Å². The highest BCUT2D eigenvalue weighted by molar-refractivity contribution is 5.78. The van der Waals surface area contributed by atoms with Gasteiger partial charge < -0.3 is 15.2 Å². The number of halogens is 1. The third-order valence-electron chi connectivity index (χ3n) is 5.03. The van der Waals surface area contributed by atoms with E-state index in [9.17, 15) is 9.50 Å². The Morgan fingerprint density at radius 3 is 3.03 bits per heavy atom. The van der Waals surface area contributed by atoms with E-state index in [2.05, 4.69) is 25.5 Å². The molecule has 29 heavy (non-hydrogen) atoms. The third kappa shape index (κ3) is 2.95. The molecule has 9 heteroatoms. The van der Waals surface area contributed by atoms with Gasteiger partial charge in [0.25, 0.3) is 0 Å². The van der Waals surface area contributed by atoms with Gasteiger partial charge in [0.05, 0.1) is 18.9 Å². The molecule has 0 radical (unpaired) electrons. The molecule has 0 unspecified atom stereocenters. The number of aliphatic hydroxyl groups excluding tert-OH is 1. The van der Waals surface area contributed by atoms with Crippen molar-refractivity contribution in [3.8, 4) is 16.9 Å². The van der Waals surface area contributed by atoms with Crippen molar-refractivity contribution in [1.29, 1.82) is 0 Å². The molecule has 0 saturated carbocycles. The van der Waals surface area contributed by atoms with Crippen molar-refractivity contribution in [2.24, 2.45) is 0 Å². The van der Waals surface area contributed by atoms with Crippen LogP contribution in [0.2, 0.25) is 0 Å². The summed E-state index contributed by atoms with van der Waals surface area (Å²) in [5.74, 6) is 0.939. The molecule has 1 aliphatic heterocycles. The van der Waals surface area contributed by atoms with Crippen molar-refractivity contribution in [3.63, 3.8) is 0 Å². The van der Waals surface area contributed by atoms with E-state index in [1.54, 1.807) is 28.9 Å². The molecule has 146 valence electrons. The van der Waals surface area contributed by atoms with Crippen molar-refractivity contribution in [3.05, 3.63) is 65.6 Å². The van der Waals surface area contributed by atoms with Crippen LogP contribution in [0.15, 0.2) is 43.0 Å². The minimum absolute atomic E-state index is 0.197. The molecule has 3 aromatic heterocycles. The molecule has 0 aliphatic carbocycles. The van der Waals surface area contributed by atoms with Gasteiger partial charge >= 0.3 is 0 Å². The van der Waals surface area contributed by atoms with Gasteiger partial charge in [-0.25, -0.2) is 9.37 Å². The number of fused-ring (bicyclic) bond motifs is 2. The number of aliphatic hydroxyl groups is 1. The lowest BCUT2D eigenvalue weighted by Crippen LogP contribution is -2.10. The van der Waals surface area contributed by atoms with E-state index in [0.29, 0.717) is 41.4 Å². The largest absolute Gasteiger partial charge is 0.493 e. The first kappa shape index (κ1) is 17.5. The number of nitrogens with one attached hydrogen (secondary N) is 1. The minimum Gasteiger partial charge on any atom is -0.493 e. The van der Waals surface area contributed by atoms with Gasteiger partial charge in [-0.1, -0.05) is 6.07 Å². The second-order valence-electron chi connectivity index (χ2n) is 6.63. The molecular weight excluding hydrogens is 375 g/mol.